The van der Waals surface area contributed by atoms with Gasteiger partial charge in [-0.25, -0.2) is 0 Å². The fraction of sp³-hybridized carbons (Fsp3) is 0.250. The first-order chi connectivity index (χ1) is 35.5. The molecule has 0 fully saturated rings. The van der Waals surface area contributed by atoms with E-state index < -0.39 is 0 Å². The first kappa shape index (κ1) is 47.6. The Bertz CT molecular complexity index is 3570. The van der Waals surface area contributed by atoms with Gasteiger partial charge >= 0.3 is 0 Å². The van der Waals surface area contributed by atoms with Crippen LogP contribution in [0.25, 0.3) is 54.6 Å². The van der Waals surface area contributed by atoms with Crippen molar-refractivity contribution in [3.05, 3.63) is 226 Å². The Kier molecular flexibility index (Phi) is 11.3. The lowest BCUT2D eigenvalue weighted by Crippen LogP contribution is -2.17. The lowest BCUT2D eigenvalue weighted by molar-refractivity contribution is 0.660. The highest BCUT2D eigenvalue weighted by molar-refractivity contribution is 6.25. The molecule has 10 aromatic rings. The van der Waals surface area contributed by atoms with Crippen LogP contribution >= 0.6 is 0 Å². The summed E-state index contributed by atoms with van der Waals surface area (Å²) in [6.07, 6.45) is 0. The summed E-state index contributed by atoms with van der Waals surface area (Å²) in [5.41, 5.74) is 23.0. The van der Waals surface area contributed by atoms with Gasteiger partial charge in [-0.3, -0.25) is 0 Å². The molecule has 0 spiro atoms. The molecule has 2 aliphatic carbocycles. The average molecular weight is 963 g/mol. The van der Waals surface area contributed by atoms with Crippen LogP contribution in [0.3, 0.4) is 0 Å². The lowest BCUT2D eigenvalue weighted by Gasteiger charge is -2.33. The topological polar surface area (TPSA) is 6.48 Å². The Morgan fingerprint density at radius 2 is 0.595 bits per heavy atom. The van der Waals surface area contributed by atoms with Gasteiger partial charge in [-0.05, 0) is 149 Å². The number of benzene rings is 10. The van der Waals surface area contributed by atoms with Crippen LogP contribution in [-0.2, 0) is 10.8 Å². The third-order valence-corrected chi connectivity index (χ3v) is 17.1. The van der Waals surface area contributed by atoms with Gasteiger partial charge in [-0.2, -0.15) is 0 Å². The third-order valence-electron chi connectivity index (χ3n) is 17.1. The molecule has 2 aliphatic rings. The fourth-order valence-corrected chi connectivity index (χ4v) is 12.9. The van der Waals surface area contributed by atoms with E-state index in [0.717, 1.165) is 0 Å². The molecule has 368 valence electrons. The Morgan fingerprint density at radius 1 is 0.284 bits per heavy atom. The molecule has 0 amide bonds. The van der Waals surface area contributed by atoms with E-state index in [1.807, 2.05) is 0 Å². The molecule has 2 nitrogen and oxygen atoms in total. The summed E-state index contributed by atoms with van der Waals surface area (Å²) in [5, 5.41) is 7.39. The van der Waals surface area contributed by atoms with Crippen LogP contribution in [0.5, 0.6) is 0 Å². The highest BCUT2D eigenvalue weighted by Gasteiger charge is 2.40. The van der Waals surface area contributed by atoms with Crippen molar-refractivity contribution in [3.63, 3.8) is 0 Å². The van der Waals surface area contributed by atoms with Gasteiger partial charge in [0.25, 0.3) is 0 Å². The van der Waals surface area contributed by atoms with Crippen molar-refractivity contribution in [2.75, 3.05) is 9.80 Å². The van der Waals surface area contributed by atoms with Crippen LogP contribution in [-0.4, -0.2) is 0 Å². The van der Waals surface area contributed by atoms with Crippen molar-refractivity contribution in [2.24, 2.45) is 0 Å². The second kappa shape index (κ2) is 17.6. The minimum Gasteiger partial charge on any atom is -0.309 e. The van der Waals surface area contributed by atoms with Crippen molar-refractivity contribution >= 4 is 66.4 Å². The molecule has 0 unspecified atom stereocenters. The van der Waals surface area contributed by atoms with Gasteiger partial charge in [0.1, 0.15) is 0 Å². The van der Waals surface area contributed by atoms with Gasteiger partial charge in [-0.1, -0.05) is 217 Å². The van der Waals surface area contributed by atoms with Crippen molar-refractivity contribution in [2.45, 2.75) is 118 Å². The van der Waals surface area contributed by atoms with Crippen LogP contribution in [0.1, 0.15) is 151 Å². The Labute approximate surface area is 440 Å². The van der Waals surface area contributed by atoms with Crippen molar-refractivity contribution in [3.8, 4) is 22.3 Å². The second-order valence-corrected chi connectivity index (χ2v) is 23.7. The maximum Gasteiger partial charge on any atom is 0.0546 e. The summed E-state index contributed by atoms with van der Waals surface area (Å²) in [7, 11) is 0. The number of hydrogen-bond acceptors (Lipinski definition) is 2. The molecule has 0 atom stereocenters. The van der Waals surface area contributed by atoms with Gasteiger partial charge in [0.15, 0.2) is 0 Å². The second-order valence-electron chi connectivity index (χ2n) is 23.7. The van der Waals surface area contributed by atoms with E-state index in [9.17, 15) is 0 Å². The zero-order chi connectivity index (χ0) is 51.5. The summed E-state index contributed by atoms with van der Waals surface area (Å²) in [4.78, 5) is 5.26. The van der Waals surface area contributed by atoms with Gasteiger partial charge < -0.3 is 9.80 Å². The molecular weight excluding hydrogens is 893 g/mol. The summed E-state index contributed by atoms with van der Waals surface area (Å²) in [5.74, 6) is 1.43. The van der Waals surface area contributed by atoms with Gasteiger partial charge in [0.05, 0.1) is 22.7 Å². The van der Waals surface area contributed by atoms with Crippen LogP contribution in [0, 0.1) is 0 Å². The summed E-state index contributed by atoms with van der Waals surface area (Å²) < 4.78 is 0. The highest BCUT2D eigenvalue weighted by atomic mass is 15.2. The van der Waals surface area contributed by atoms with E-state index in [2.05, 4.69) is 275 Å². The first-order valence-corrected chi connectivity index (χ1v) is 27.3. The van der Waals surface area contributed by atoms with Crippen LogP contribution in [0.15, 0.2) is 182 Å². The van der Waals surface area contributed by atoms with Crippen molar-refractivity contribution in [1.29, 1.82) is 0 Å². The van der Waals surface area contributed by atoms with E-state index in [1.54, 1.807) is 0 Å². The smallest absolute Gasteiger partial charge is 0.0546 e. The molecule has 74 heavy (non-hydrogen) atoms. The summed E-state index contributed by atoms with van der Waals surface area (Å²) in [6, 6.07) is 70.5. The molecule has 0 N–H and O–H groups in total. The number of nitrogens with zero attached hydrogens (tertiary/aromatic N) is 2. The predicted molar refractivity (Wildman–Crippen MR) is 320 cm³/mol. The molecule has 0 aromatic heterocycles. The molecule has 0 bridgehead atoms. The van der Waals surface area contributed by atoms with E-state index >= 15 is 0 Å². The van der Waals surface area contributed by atoms with Crippen molar-refractivity contribution in [1.82, 2.24) is 0 Å². The predicted octanol–water partition coefficient (Wildman–Crippen LogP) is 21.2. The normalized spacial score (nSPS) is 14.1. The molecule has 0 heterocycles. The maximum atomic E-state index is 2.63. The molecule has 0 saturated heterocycles. The van der Waals surface area contributed by atoms with E-state index in [0.29, 0.717) is 23.7 Å². The minimum atomic E-state index is -0.151. The Balaban J connectivity index is 1.20. The van der Waals surface area contributed by atoms with E-state index in [1.165, 1.54) is 133 Å². The number of fused-ring (bicyclic) bond motifs is 11. The average Bonchev–Trinajstić information content (AvgIpc) is 3.79. The zero-order valence-electron chi connectivity index (χ0n) is 45.5. The van der Waals surface area contributed by atoms with E-state index in [-0.39, 0.29) is 10.8 Å². The standard InChI is InChI=1S/C72H70N2/c1-43(2)47-35-48(44(3)4)38-51(37-47)73(65-33-21-31-63-69(65)57-27-17-19-29-61(57)71(63,9)10)67-41-59-54-24-14-16-26-56(54)68(42-60(59)53-23-13-15-25-55(53)67)74(52-39-49(45(5)6)36-50(40-52)46(7)8)66-34-22-32-64-70(66)58-28-18-20-30-62(58)72(64,11)12/h13-46H,1-12H3. The number of rotatable bonds is 10. The zero-order valence-corrected chi connectivity index (χ0v) is 45.5. The van der Waals surface area contributed by atoms with E-state index in [4.69, 9.17) is 0 Å². The number of anilines is 6. The van der Waals surface area contributed by atoms with Gasteiger partial charge in [0.2, 0.25) is 0 Å². The van der Waals surface area contributed by atoms with Crippen LogP contribution < -0.4 is 9.80 Å². The number of hydrogen-bond donors (Lipinski definition) is 0. The fourth-order valence-electron chi connectivity index (χ4n) is 12.9. The molecule has 0 aliphatic heterocycles. The third kappa shape index (κ3) is 7.34. The first-order valence-electron chi connectivity index (χ1n) is 27.3. The molecule has 2 heteroatoms. The van der Waals surface area contributed by atoms with Gasteiger partial charge in [0, 0.05) is 44.1 Å². The quantitative estimate of drug-likeness (QED) is 0.126. The lowest BCUT2D eigenvalue weighted by atomic mass is 9.82. The monoisotopic (exact) mass is 963 g/mol. The van der Waals surface area contributed by atoms with Gasteiger partial charge in [-0.15, -0.1) is 0 Å². The van der Waals surface area contributed by atoms with Crippen LogP contribution in [0.2, 0.25) is 0 Å². The van der Waals surface area contributed by atoms with Crippen LogP contribution in [0.4, 0.5) is 34.1 Å². The Hall–Kier alpha value is -7.42. The minimum absolute atomic E-state index is 0.151. The molecular formula is C72H70N2. The molecule has 10 aromatic carbocycles. The molecule has 0 saturated carbocycles. The van der Waals surface area contributed by atoms with Crippen molar-refractivity contribution < 1.29 is 0 Å². The summed E-state index contributed by atoms with van der Waals surface area (Å²) in [6.45, 7) is 28.2. The molecule has 12 rings (SSSR count). The summed E-state index contributed by atoms with van der Waals surface area (Å²) >= 11 is 0. The highest BCUT2D eigenvalue weighted by Crippen LogP contribution is 2.58. The molecule has 0 radical (unpaired) electrons. The Morgan fingerprint density at radius 3 is 0.946 bits per heavy atom. The maximum absolute atomic E-state index is 2.63. The largest absolute Gasteiger partial charge is 0.309 e. The SMILES string of the molecule is CC(C)c1cc(C(C)C)cc(N(c2cccc3c2-c2ccccc2C3(C)C)c2cc3c4ccccc4c(N(c4cc(C(C)C)cc(C(C)C)c4)c4cccc5c4-c4ccccc4C5(C)C)cc3c3ccccc23)c1.